The van der Waals surface area contributed by atoms with Gasteiger partial charge in [0.05, 0.1) is 0 Å². The Hall–Kier alpha value is -0.0800. The summed E-state index contributed by atoms with van der Waals surface area (Å²) in [6.07, 6.45) is 6.80. The average molecular weight is 451 g/mol. The van der Waals surface area contributed by atoms with E-state index in [9.17, 15) is 0 Å². The molecule has 0 aliphatic carbocycles. The topological polar surface area (TPSA) is 42.9 Å². The molecule has 0 bridgehead atoms. The second-order valence-electron chi connectivity index (χ2n) is 7.35. The first-order chi connectivity index (χ1) is 11.2. The molecule has 24 heavy (non-hydrogen) atoms. The predicted octanol–water partition coefficient (Wildman–Crippen LogP) is 2.38. The van der Waals surface area contributed by atoms with E-state index in [1.54, 1.807) is 0 Å². The number of likely N-dealkylation sites (tertiary alicyclic amines) is 2. The molecular formula is C18H38IN5. The van der Waals surface area contributed by atoms with E-state index in [-0.39, 0.29) is 24.0 Å². The van der Waals surface area contributed by atoms with Crippen molar-refractivity contribution in [2.75, 3.05) is 52.9 Å². The van der Waals surface area contributed by atoms with Crippen molar-refractivity contribution in [3.8, 4) is 0 Å². The molecule has 0 aromatic rings. The maximum Gasteiger partial charge on any atom is 0.191 e. The monoisotopic (exact) mass is 451 g/mol. The number of nitrogens with one attached hydrogen (secondary N) is 2. The van der Waals surface area contributed by atoms with E-state index < -0.39 is 0 Å². The highest BCUT2D eigenvalue weighted by Crippen LogP contribution is 2.17. The summed E-state index contributed by atoms with van der Waals surface area (Å²) in [5.41, 5.74) is 0. The SMILES string of the molecule is CN=C(NCCN1CCCCC1)NCC(C)N1CCC(C)CC1.I. The van der Waals surface area contributed by atoms with Crippen LogP contribution < -0.4 is 10.6 Å². The van der Waals surface area contributed by atoms with Crippen LogP contribution in [0.1, 0.15) is 46.0 Å². The van der Waals surface area contributed by atoms with Crippen molar-refractivity contribution >= 4 is 29.9 Å². The minimum Gasteiger partial charge on any atom is -0.355 e. The molecule has 0 spiro atoms. The summed E-state index contributed by atoms with van der Waals surface area (Å²) in [6, 6.07) is 0.572. The van der Waals surface area contributed by atoms with Gasteiger partial charge in [0, 0.05) is 32.7 Å². The van der Waals surface area contributed by atoms with Crippen molar-refractivity contribution in [1.29, 1.82) is 0 Å². The molecule has 142 valence electrons. The van der Waals surface area contributed by atoms with Crippen LogP contribution >= 0.6 is 24.0 Å². The molecule has 1 atom stereocenters. The fourth-order valence-electron chi connectivity index (χ4n) is 3.58. The summed E-state index contributed by atoms with van der Waals surface area (Å²) in [4.78, 5) is 9.52. The van der Waals surface area contributed by atoms with Crippen molar-refractivity contribution in [2.24, 2.45) is 10.9 Å². The van der Waals surface area contributed by atoms with Gasteiger partial charge < -0.3 is 15.5 Å². The van der Waals surface area contributed by atoms with Crippen LogP contribution in [0.15, 0.2) is 4.99 Å². The Morgan fingerprint density at radius 1 is 1.08 bits per heavy atom. The highest BCUT2D eigenvalue weighted by Gasteiger charge is 2.20. The van der Waals surface area contributed by atoms with Crippen LogP contribution in [0.2, 0.25) is 0 Å². The molecule has 2 rings (SSSR count). The van der Waals surface area contributed by atoms with E-state index in [0.29, 0.717) is 6.04 Å². The van der Waals surface area contributed by atoms with Crippen molar-refractivity contribution in [2.45, 2.75) is 52.0 Å². The summed E-state index contributed by atoms with van der Waals surface area (Å²) in [6.45, 7) is 12.8. The maximum atomic E-state index is 4.36. The minimum atomic E-state index is 0. The average Bonchev–Trinajstić information content (AvgIpc) is 2.59. The molecule has 0 aromatic heterocycles. The van der Waals surface area contributed by atoms with E-state index in [0.717, 1.165) is 31.5 Å². The van der Waals surface area contributed by atoms with Crippen LogP contribution in [0.25, 0.3) is 0 Å². The van der Waals surface area contributed by atoms with Crippen LogP contribution in [0.4, 0.5) is 0 Å². The number of aliphatic imine (C=N–C) groups is 1. The fraction of sp³-hybridized carbons (Fsp3) is 0.944. The van der Waals surface area contributed by atoms with Gasteiger partial charge in [0.15, 0.2) is 5.96 Å². The molecular weight excluding hydrogens is 413 g/mol. The van der Waals surface area contributed by atoms with E-state index in [1.165, 1.54) is 58.3 Å². The van der Waals surface area contributed by atoms with Crippen molar-refractivity contribution in [3.63, 3.8) is 0 Å². The molecule has 5 nitrogen and oxygen atoms in total. The number of hydrogen-bond acceptors (Lipinski definition) is 3. The second kappa shape index (κ2) is 12.3. The van der Waals surface area contributed by atoms with Gasteiger partial charge in [0.1, 0.15) is 0 Å². The van der Waals surface area contributed by atoms with Gasteiger partial charge in [-0.2, -0.15) is 0 Å². The summed E-state index contributed by atoms with van der Waals surface area (Å²) in [5, 5.41) is 6.95. The molecule has 2 aliphatic rings. The van der Waals surface area contributed by atoms with Crippen LogP contribution in [-0.2, 0) is 0 Å². The summed E-state index contributed by atoms with van der Waals surface area (Å²) < 4.78 is 0. The highest BCUT2D eigenvalue weighted by molar-refractivity contribution is 14.0. The number of halogens is 1. The zero-order valence-electron chi connectivity index (χ0n) is 15.9. The van der Waals surface area contributed by atoms with Crippen molar-refractivity contribution in [3.05, 3.63) is 0 Å². The van der Waals surface area contributed by atoms with Gasteiger partial charge in [0.2, 0.25) is 0 Å². The standard InChI is InChI=1S/C18H37N5.HI/c1-16-7-12-23(13-8-16)17(2)15-21-18(19-3)20-9-14-22-10-5-4-6-11-22;/h16-17H,4-15H2,1-3H3,(H2,19,20,21);1H. The number of rotatable bonds is 6. The Bertz CT molecular complexity index is 349. The second-order valence-corrected chi connectivity index (χ2v) is 7.35. The van der Waals surface area contributed by atoms with Crippen molar-refractivity contribution < 1.29 is 0 Å². The molecule has 6 heteroatoms. The Labute approximate surface area is 166 Å². The van der Waals surface area contributed by atoms with Gasteiger partial charge in [0.25, 0.3) is 0 Å². The number of piperidine rings is 2. The highest BCUT2D eigenvalue weighted by atomic mass is 127. The van der Waals surface area contributed by atoms with Gasteiger partial charge in [-0.15, -0.1) is 24.0 Å². The molecule has 2 aliphatic heterocycles. The Morgan fingerprint density at radius 2 is 1.75 bits per heavy atom. The van der Waals surface area contributed by atoms with E-state index in [2.05, 4.69) is 39.3 Å². The molecule has 0 radical (unpaired) electrons. The third-order valence-electron chi connectivity index (χ3n) is 5.40. The summed E-state index contributed by atoms with van der Waals surface area (Å²) >= 11 is 0. The molecule has 2 N–H and O–H groups in total. The molecule has 2 saturated heterocycles. The van der Waals surface area contributed by atoms with Crippen LogP contribution in [0.5, 0.6) is 0 Å². The fourth-order valence-corrected chi connectivity index (χ4v) is 3.58. The smallest absolute Gasteiger partial charge is 0.191 e. The molecule has 0 amide bonds. The van der Waals surface area contributed by atoms with Crippen LogP contribution in [0, 0.1) is 5.92 Å². The number of nitrogens with zero attached hydrogens (tertiary/aromatic N) is 3. The van der Waals surface area contributed by atoms with E-state index >= 15 is 0 Å². The van der Waals surface area contributed by atoms with Crippen LogP contribution in [-0.4, -0.2) is 74.7 Å². The van der Waals surface area contributed by atoms with E-state index in [1.807, 2.05) is 7.05 Å². The lowest BCUT2D eigenvalue weighted by Crippen LogP contribution is -2.49. The lowest BCUT2D eigenvalue weighted by atomic mass is 9.98. The van der Waals surface area contributed by atoms with Gasteiger partial charge in [-0.05, 0) is 64.7 Å². The Balaban J connectivity index is 0.00000288. The van der Waals surface area contributed by atoms with E-state index in [4.69, 9.17) is 0 Å². The lowest BCUT2D eigenvalue weighted by molar-refractivity contribution is 0.147. The lowest BCUT2D eigenvalue weighted by Gasteiger charge is -2.35. The minimum absolute atomic E-state index is 0. The largest absolute Gasteiger partial charge is 0.355 e. The molecule has 1 unspecified atom stereocenters. The first kappa shape index (κ1) is 22.0. The van der Waals surface area contributed by atoms with Gasteiger partial charge >= 0.3 is 0 Å². The third kappa shape index (κ3) is 7.87. The molecule has 2 heterocycles. The normalized spacial score (nSPS) is 22.7. The molecule has 0 aromatic carbocycles. The number of hydrogen-bond donors (Lipinski definition) is 2. The van der Waals surface area contributed by atoms with Gasteiger partial charge in [-0.25, -0.2) is 0 Å². The zero-order chi connectivity index (χ0) is 16.5. The first-order valence-corrected chi connectivity index (χ1v) is 9.60. The zero-order valence-corrected chi connectivity index (χ0v) is 18.2. The number of guanidine groups is 1. The van der Waals surface area contributed by atoms with Crippen molar-refractivity contribution in [1.82, 2.24) is 20.4 Å². The summed E-state index contributed by atoms with van der Waals surface area (Å²) in [5.74, 6) is 1.84. The van der Waals surface area contributed by atoms with Gasteiger partial charge in [-0.1, -0.05) is 13.3 Å². The third-order valence-corrected chi connectivity index (χ3v) is 5.40. The molecule has 2 fully saturated rings. The summed E-state index contributed by atoms with van der Waals surface area (Å²) in [7, 11) is 1.86. The Morgan fingerprint density at radius 3 is 2.38 bits per heavy atom. The molecule has 0 saturated carbocycles. The predicted molar refractivity (Wildman–Crippen MR) is 115 cm³/mol. The van der Waals surface area contributed by atoms with Crippen LogP contribution in [0.3, 0.4) is 0 Å². The maximum absolute atomic E-state index is 4.36. The first-order valence-electron chi connectivity index (χ1n) is 9.60. The quantitative estimate of drug-likeness (QED) is 0.370. The Kier molecular flexibility index (Phi) is 11.3. The van der Waals surface area contributed by atoms with Gasteiger partial charge in [-0.3, -0.25) is 9.89 Å².